The molecule has 0 bridgehead atoms. The SMILES string of the molecule is Cc1nn(C)c(N2CCC(CN(C)C)CC2)c1CC(C)N. The Bertz CT molecular complexity index is 455. The molecular formula is C16H31N5. The first-order valence-corrected chi connectivity index (χ1v) is 8.06. The zero-order valence-corrected chi connectivity index (χ0v) is 14.3. The number of rotatable bonds is 5. The summed E-state index contributed by atoms with van der Waals surface area (Å²) >= 11 is 0. The number of nitrogens with zero attached hydrogens (tertiary/aromatic N) is 4. The number of aromatic nitrogens is 2. The average Bonchev–Trinajstić information content (AvgIpc) is 2.64. The molecule has 5 nitrogen and oxygen atoms in total. The van der Waals surface area contributed by atoms with Crippen LogP contribution in [0.25, 0.3) is 0 Å². The van der Waals surface area contributed by atoms with Crippen LogP contribution < -0.4 is 10.6 Å². The number of hydrogen-bond donors (Lipinski definition) is 1. The molecule has 120 valence electrons. The molecule has 1 fully saturated rings. The second-order valence-corrected chi connectivity index (χ2v) is 6.89. The van der Waals surface area contributed by atoms with Gasteiger partial charge in [-0.05, 0) is 53.1 Å². The maximum Gasteiger partial charge on any atom is 0.130 e. The van der Waals surface area contributed by atoms with E-state index in [-0.39, 0.29) is 6.04 Å². The monoisotopic (exact) mass is 293 g/mol. The fourth-order valence-electron chi connectivity index (χ4n) is 3.49. The van der Waals surface area contributed by atoms with Crippen LogP contribution in [0.4, 0.5) is 5.82 Å². The van der Waals surface area contributed by atoms with Gasteiger partial charge in [-0.25, -0.2) is 0 Å². The molecule has 1 aromatic heterocycles. The summed E-state index contributed by atoms with van der Waals surface area (Å²) in [5.41, 5.74) is 8.47. The van der Waals surface area contributed by atoms with E-state index in [0.29, 0.717) is 0 Å². The van der Waals surface area contributed by atoms with Gasteiger partial charge in [0.05, 0.1) is 5.69 Å². The summed E-state index contributed by atoms with van der Waals surface area (Å²) in [7, 11) is 6.38. The van der Waals surface area contributed by atoms with Gasteiger partial charge in [-0.15, -0.1) is 0 Å². The van der Waals surface area contributed by atoms with Gasteiger partial charge in [0.2, 0.25) is 0 Å². The maximum atomic E-state index is 6.02. The lowest BCUT2D eigenvalue weighted by molar-refractivity contribution is 0.284. The molecule has 2 rings (SSSR count). The highest BCUT2D eigenvalue weighted by atomic mass is 15.4. The molecule has 0 radical (unpaired) electrons. The number of piperidine rings is 1. The molecule has 0 aliphatic carbocycles. The zero-order chi connectivity index (χ0) is 15.6. The summed E-state index contributed by atoms with van der Waals surface area (Å²) in [6, 6.07) is 0.179. The van der Waals surface area contributed by atoms with Gasteiger partial charge in [-0.2, -0.15) is 5.10 Å². The summed E-state index contributed by atoms with van der Waals surface area (Å²) in [6.07, 6.45) is 3.44. The molecule has 1 saturated heterocycles. The standard InChI is InChI=1S/C16H31N5/c1-12(17)10-15-13(2)18-20(5)16(15)21-8-6-14(7-9-21)11-19(3)4/h12,14H,6-11,17H2,1-5H3. The van der Waals surface area contributed by atoms with Crippen LogP contribution in [-0.2, 0) is 13.5 Å². The third kappa shape index (κ3) is 3.98. The molecule has 2 heterocycles. The van der Waals surface area contributed by atoms with Gasteiger partial charge < -0.3 is 15.5 Å². The molecule has 21 heavy (non-hydrogen) atoms. The highest BCUT2D eigenvalue weighted by molar-refractivity contribution is 5.51. The van der Waals surface area contributed by atoms with Crippen LogP contribution >= 0.6 is 0 Å². The third-order valence-corrected chi connectivity index (χ3v) is 4.38. The number of anilines is 1. The minimum Gasteiger partial charge on any atom is -0.357 e. The molecule has 0 saturated carbocycles. The van der Waals surface area contributed by atoms with E-state index < -0.39 is 0 Å². The largest absolute Gasteiger partial charge is 0.357 e. The van der Waals surface area contributed by atoms with E-state index in [1.54, 1.807) is 0 Å². The lowest BCUT2D eigenvalue weighted by atomic mass is 9.96. The first kappa shape index (κ1) is 16.3. The summed E-state index contributed by atoms with van der Waals surface area (Å²) in [6.45, 7) is 7.62. The van der Waals surface area contributed by atoms with Crippen molar-refractivity contribution in [1.82, 2.24) is 14.7 Å². The molecule has 1 atom stereocenters. The predicted octanol–water partition coefficient (Wildman–Crippen LogP) is 1.40. The van der Waals surface area contributed by atoms with Gasteiger partial charge in [0.25, 0.3) is 0 Å². The fourth-order valence-corrected chi connectivity index (χ4v) is 3.49. The van der Waals surface area contributed by atoms with E-state index in [2.05, 4.69) is 49.9 Å². The first-order valence-electron chi connectivity index (χ1n) is 8.06. The van der Waals surface area contributed by atoms with E-state index >= 15 is 0 Å². The van der Waals surface area contributed by atoms with E-state index in [0.717, 1.165) is 31.1 Å². The molecule has 5 heteroatoms. The van der Waals surface area contributed by atoms with Crippen LogP contribution in [0.3, 0.4) is 0 Å². The lowest BCUT2D eigenvalue weighted by Crippen LogP contribution is -2.38. The van der Waals surface area contributed by atoms with Gasteiger partial charge in [0.1, 0.15) is 5.82 Å². The maximum absolute atomic E-state index is 6.02. The molecule has 1 unspecified atom stereocenters. The van der Waals surface area contributed by atoms with Crippen molar-refractivity contribution in [3.05, 3.63) is 11.3 Å². The van der Waals surface area contributed by atoms with Crippen molar-refractivity contribution in [3.63, 3.8) is 0 Å². The molecule has 0 amide bonds. The van der Waals surface area contributed by atoms with Gasteiger partial charge in [0.15, 0.2) is 0 Å². The lowest BCUT2D eigenvalue weighted by Gasteiger charge is -2.35. The van der Waals surface area contributed by atoms with E-state index in [1.807, 2.05) is 4.68 Å². The Kier molecular flexibility index (Phi) is 5.27. The van der Waals surface area contributed by atoms with E-state index in [4.69, 9.17) is 5.73 Å². The Hall–Kier alpha value is -1.07. The Morgan fingerprint density at radius 2 is 1.95 bits per heavy atom. The van der Waals surface area contributed by atoms with Gasteiger partial charge in [0, 0.05) is 38.3 Å². The Balaban J connectivity index is 2.09. The van der Waals surface area contributed by atoms with Crippen molar-refractivity contribution >= 4 is 5.82 Å². The van der Waals surface area contributed by atoms with Crippen molar-refractivity contribution in [2.24, 2.45) is 18.7 Å². The highest BCUT2D eigenvalue weighted by Gasteiger charge is 2.25. The van der Waals surface area contributed by atoms with Gasteiger partial charge >= 0.3 is 0 Å². The van der Waals surface area contributed by atoms with Crippen molar-refractivity contribution in [1.29, 1.82) is 0 Å². The molecule has 2 N–H and O–H groups in total. The quantitative estimate of drug-likeness (QED) is 0.891. The molecule has 1 aliphatic heterocycles. The zero-order valence-electron chi connectivity index (χ0n) is 14.3. The average molecular weight is 293 g/mol. The number of hydrogen-bond acceptors (Lipinski definition) is 4. The topological polar surface area (TPSA) is 50.3 Å². The van der Waals surface area contributed by atoms with Crippen LogP contribution in [0.5, 0.6) is 0 Å². The normalized spacial score (nSPS) is 18.5. The second kappa shape index (κ2) is 6.79. The summed E-state index contributed by atoms with van der Waals surface area (Å²) in [5.74, 6) is 2.11. The number of nitrogens with two attached hydrogens (primary N) is 1. The van der Waals surface area contributed by atoms with Crippen LogP contribution in [0, 0.1) is 12.8 Å². The smallest absolute Gasteiger partial charge is 0.130 e. The van der Waals surface area contributed by atoms with Crippen molar-refractivity contribution in [3.8, 4) is 0 Å². The van der Waals surface area contributed by atoms with Gasteiger partial charge in [-0.3, -0.25) is 4.68 Å². The molecule has 0 spiro atoms. The Labute approximate surface area is 129 Å². The molecule has 1 aliphatic rings. The predicted molar refractivity (Wildman–Crippen MR) is 88.8 cm³/mol. The Morgan fingerprint density at radius 1 is 1.33 bits per heavy atom. The van der Waals surface area contributed by atoms with Crippen LogP contribution in [-0.4, -0.2) is 54.5 Å². The van der Waals surface area contributed by atoms with Crippen LogP contribution in [0.1, 0.15) is 31.0 Å². The summed E-state index contributed by atoms with van der Waals surface area (Å²) in [5, 5.41) is 4.62. The van der Waals surface area contributed by atoms with E-state index in [9.17, 15) is 0 Å². The van der Waals surface area contributed by atoms with Crippen molar-refractivity contribution in [2.75, 3.05) is 38.6 Å². The van der Waals surface area contributed by atoms with Crippen molar-refractivity contribution < 1.29 is 0 Å². The van der Waals surface area contributed by atoms with Crippen LogP contribution in [0.15, 0.2) is 0 Å². The highest BCUT2D eigenvalue weighted by Crippen LogP contribution is 2.28. The second-order valence-electron chi connectivity index (χ2n) is 6.89. The third-order valence-electron chi connectivity index (χ3n) is 4.38. The molecule has 1 aromatic rings. The minimum absolute atomic E-state index is 0.179. The van der Waals surface area contributed by atoms with Crippen LogP contribution in [0.2, 0.25) is 0 Å². The molecule has 0 aromatic carbocycles. The minimum atomic E-state index is 0.179. The van der Waals surface area contributed by atoms with Gasteiger partial charge in [-0.1, -0.05) is 0 Å². The first-order chi connectivity index (χ1) is 9.88. The Morgan fingerprint density at radius 3 is 2.48 bits per heavy atom. The molecular weight excluding hydrogens is 262 g/mol. The number of aryl methyl sites for hydroxylation is 2. The summed E-state index contributed by atoms with van der Waals surface area (Å²) < 4.78 is 2.04. The van der Waals surface area contributed by atoms with E-state index in [1.165, 1.54) is 30.8 Å². The summed E-state index contributed by atoms with van der Waals surface area (Å²) in [4.78, 5) is 4.81. The van der Waals surface area contributed by atoms with Crippen molar-refractivity contribution in [2.45, 2.75) is 39.2 Å². The fraction of sp³-hybridized carbons (Fsp3) is 0.812.